The van der Waals surface area contributed by atoms with Gasteiger partial charge >= 0.3 is 6.18 Å². The van der Waals surface area contributed by atoms with Crippen molar-refractivity contribution in [3.63, 3.8) is 0 Å². The van der Waals surface area contributed by atoms with Gasteiger partial charge in [0, 0.05) is 32.4 Å². The highest BCUT2D eigenvalue weighted by molar-refractivity contribution is 7.92. The normalized spacial score (nSPS) is 23.8. The lowest BCUT2D eigenvalue weighted by Crippen LogP contribution is -2.58. The van der Waals surface area contributed by atoms with Crippen LogP contribution in [-0.4, -0.2) is 87.1 Å². The molecule has 2 fully saturated rings. The van der Waals surface area contributed by atoms with Crippen molar-refractivity contribution in [1.29, 1.82) is 0 Å². The third kappa shape index (κ3) is 4.40. The van der Waals surface area contributed by atoms with Crippen molar-refractivity contribution >= 4 is 15.7 Å². The van der Waals surface area contributed by atoms with Gasteiger partial charge in [0.05, 0.1) is 6.54 Å². The fourth-order valence-electron chi connectivity index (χ4n) is 3.45. The first-order valence-electron chi connectivity index (χ1n) is 8.04. The highest BCUT2D eigenvalue weighted by Gasteiger charge is 2.50. The average molecular weight is 371 g/mol. The zero-order chi connectivity index (χ0) is 18.0. The van der Waals surface area contributed by atoms with E-state index in [0.717, 1.165) is 6.26 Å². The highest BCUT2D eigenvalue weighted by Crippen LogP contribution is 2.30. The molecule has 2 aliphatic heterocycles. The summed E-state index contributed by atoms with van der Waals surface area (Å²) < 4.78 is 60.7. The number of carbonyl (C=O) groups excluding carboxylic acids is 1. The van der Waals surface area contributed by atoms with Gasteiger partial charge in [-0.3, -0.25) is 9.69 Å². The molecule has 2 saturated heterocycles. The Bertz CT molecular complexity index is 559. The van der Waals surface area contributed by atoms with Gasteiger partial charge in [-0.05, 0) is 32.4 Å². The minimum absolute atomic E-state index is 0.101. The average Bonchev–Trinajstić information content (AvgIpc) is 2.70. The molecule has 0 spiro atoms. The molecule has 0 aliphatic carbocycles. The Morgan fingerprint density at radius 3 is 2.29 bits per heavy atom. The SMILES string of the molecule is CS(=O)(=O)C1(C(=O)N2CCCN(CC(F)(F)F)CC2)CCNCC1. The summed E-state index contributed by atoms with van der Waals surface area (Å²) in [6, 6.07) is 0. The first-order valence-corrected chi connectivity index (χ1v) is 9.93. The van der Waals surface area contributed by atoms with Crippen LogP contribution in [0.1, 0.15) is 19.3 Å². The molecule has 0 atom stereocenters. The van der Waals surface area contributed by atoms with Gasteiger partial charge in [-0.15, -0.1) is 0 Å². The van der Waals surface area contributed by atoms with E-state index < -0.39 is 33.2 Å². The van der Waals surface area contributed by atoms with Gasteiger partial charge in [0.25, 0.3) is 0 Å². The highest BCUT2D eigenvalue weighted by atomic mass is 32.2. The van der Waals surface area contributed by atoms with Crippen molar-refractivity contribution < 1.29 is 26.4 Å². The predicted octanol–water partition coefficient (Wildman–Crippen LogP) is 0.250. The van der Waals surface area contributed by atoms with Crippen LogP contribution < -0.4 is 5.32 Å². The molecule has 1 N–H and O–H groups in total. The van der Waals surface area contributed by atoms with Crippen LogP contribution in [0.3, 0.4) is 0 Å². The number of carbonyl (C=O) groups is 1. The lowest BCUT2D eigenvalue weighted by atomic mass is 9.95. The van der Waals surface area contributed by atoms with E-state index in [2.05, 4.69) is 5.32 Å². The molecular formula is C14H24F3N3O3S. The Morgan fingerprint density at radius 2 is 1.75 bits per heavy atom. The summed E-state index contributed by atoms with van der Waals surface area (Å²) in [5.41, 5.74) is 0. The van der Waals surface area contributed by atoms with Crippen LogP contribution in [-0.2, 0) is 14.6 Å². The molecule has 2 aliphatic rings. The summed E-state index contributed by atoms with van der Waals surface area (Å²) in [6.45, 7) is 0.632. The van der Waals surface area contributed by atoms with Crippen LogP contribution in [0.15, 0.2) is 0 Å². The molecule has 6 nitrogen and oxygen atoms in total. The second-order valence-corrected chi connectivity index (χ2v) is 8.88. The molecule has 24 heavy (non-hydrogen) atoms. The Kier molecular flexibility index (Phi) is 5.81. The Hall–Kier alpha value is -0.870. The first-order chi connectivity index (χ1) is 11.1. The molecule has 0 radical (unpaired) electrons. The predicted molar refractivity (Wildman–Crippen MR) is 83.4 cm³/mol. The lowest BCUT2D eigenvalue weighted by molar-refractivity contribution is -0.145. The van der Waals surface area contributed by atoms with E-state index in [9.17, 15) is 26.4 Å². The van der Waals surface area contributed by atoms with E-state index in [1.165, 1.54) is 9.80 Å². The zero-order valence-electron chi connectivity index (χ0n) is 13.7. The molecule has 0 aromatic carbocycles. The number of sulfone groups is 1. The van der Waals surface area contributed by atoms with Gasteiger partial charge in [0.1, 0.15) is 0 Å². The number of halogens is 3. The number of alkyl halides is 3. The van der Waals surface area contributed by atoms with E-state index in [1.807, 2.05) is 0 Å². The molecule has 2 heterocycles. The van der Waals surface area contributed by atoms with Gasteiger partial charge in [-0.1, -0.05) is 0 Å². The van der Waals surface area contributed by atoms with E-state index >= 15 is 0 Å². The van der Waals surface area contributed by atoms with E-state index in [-0.39, 0.29) is 39.0 Å². The maximum atomic E-state index is 12.9. The van der Waals surface area contributed by atoms with Crippen molar-refractivity contribution in [2.24, 2.45) is 0 Å². The van der Waals surface area contributed by atoms with Gasteiger partial charge in [0.2, 0.25) is 5.91 Å². The summed E-state index contributed by atoms with van der Waals surface area (Å²) in [4.78, 5) is 15.6. The minimum Gasteiger partial charge on any atom is -0.340 e. The van der Waals surface area contributed by atoms with Crippen molar-refractivity contribution in [3.8, 4) is 0 Å². The molecule has 10 heteroatoms. The van der Waals surface area contributed by atoms with Crippen LogP contribution in [0.5, 0.6) is 0 Å². The molecule has 0 aromatic rings. The van der Waals surface area contributed by atoms with Gasteiger partial charge in [-0.25, -0.2) is 8.42 Å². The quantitative estimate of drug-likeness (QED) is 0.770. The summed E-state index contributed by atoms with van der Waals surface area (Å²) in [5.74, 6) is -0.458. The van der Waals surface area contributed by atoms with Crippen LogP contribution in [0, 0.1) is 0 Å². The van der Waals surface area contributed by atoms with Gasteiger partial charge < -0.3 is 10.2 Å². The largest absolute Gasteiger partial charge is 0.401 e. The van der Waals surface area contributed by atoms with E-state index in [4.69, 9.17) is 0 Å². The number of hydrogen-bond acceptors (Lipinski definition) is 5. The van der Waals surface area contributed by atoms with Crippen molar-refractivity contribution in [3.05, 3.63) is 0 Å². The fraction of sp³-hybridized carbons (Fsp3) is 0.929. The number of amides is 1. The molecule has 1 amide bonds. The number of hydrogen-bond donors (Lipinski definition) is 1. The fourth-order valence-corrected chi connectivity index (χ4v) is 4.84. The number of nitrogens with one attached hydrogen (secondary N) is 1. The Labute approximate surface area is 140 Å². The molecular weight excluding hydrogens is 347 g/mol. The second kappa shape index (κ2) is 7.17. The molecule has 0 saturated carbocycles. The minimum atomic E-state index is -4.28. The summed E-state index contributed by atoms with van der Waals surface area (Å²) in [5, 5.41) is 3.05. The topological polar surface area (TPSA) is 69.7 Å². The second-order valence-electron chi connectivity index (χ2n) is 6.55. The number of rotatable bonds is 3. The molecule has 0 aromatic heterocycles. The van der Waals surface area contributed by atoms with Gasteiger partial charge in [0.15, 0.2) is 14.6 Å². The summed E-state index contributed by atoms with van der Waals surface area (Å²) in [7, 11) is -3.62. The van der Waals surface area contributed by atoms with Gasteiger partial charge in [-0.2, -0.15) is 13.2 Å². The maximum Gasteiger partial charge on any atom is 0.401 e. The third-order valence-electron chi connectivity index (χ3n) is 4.79. The van der Waals surface area contributed by atoms with Crippen molar-refractivity contribution in [2.75, 3.05) is 52.1 Å². The summed E-state index contributed by atoms with van der Waals surface area (Å²) >= 11 is 0. The van der Waals surface area contributed by atoms with Crippen LogP contribution in [0.4, 0.5) is 13.2 Å². The molecule has 140 valence electrons. The van der Waals surface area contributed by atoms with Crippen molar-refractivity contribution in [2.45, 2.75) is 30.2 Å². The number of piperidine rings is 1. The lowest BCUT2D eigenvalue weighted by Gasteiger charge is -2.38. The van der Waals surface area contributed by atoms with E-state index in [0.29, 0.717) is 19.5 Å². The third-order valence-corrected chi connectivity index (χ3v) is 6.79. The molecule has 0 unspecified atom stereocenters. The molecule has 2 rings (SSSR count). The van der Waals surface area contributed by atoms with Crippen LogP contribution in [0.25, 0.3) is 0 Å². The molecule has 0 bridgehead atoms. The smallest absolute Gasteiger partial charge is 0.340 e. The van der Waals surface area contributed by atoms with E-state index in [1.54, 1.807) is 0 Å². The monoisotopic (exact) mass is 371 g/mol. The Morgan fingerprint density at radius 1 is 1.12 bits per heavy atom. The standard InChI is InChI=1S/C14H24F3N3O3S/c1-24(22,23)13(3-5-18-6-4-13)12(21)20-8-2-7-19(9-10-20)11-14(15,16)17/h18H,2-11H2,1H3. The van der Waals surface area contributed by atoms with Crippen LogP contribution in [0.2, 0.25) is 0 Å². The zero-order valence-corrected chi connectivity index (χ0v) is 14.5. The Balaban J connectivity index is 2.11. The van der Waals surface area contributed by atoms with Crippen molar-refractivity contribution in [1.82, 2.24) is 15.1 Å². The van der Waals surface area contributed by atoms with Crippen LogP contribution >= 0.6 is 0 Å². The first kappa shape index (κ1) is 19.5. The number of nitrogens with zero attached hydrogens (tertiary/aromatic N) is 2. The maximum absolute atomic E-state index is 12.9. The summed E-state index contributed by atoms with van der Waals surface area (Å²) in [6.07, 6.45) is -2.40.